The van der Waals surface area contributed by atoms with E-state index in [1.807, 2.05) is 43.4 Å². The van der Waals surface area contributed by atoms with Crippen LogP contribution in [0.15, 0.2) is 79.0 Å². The fourth-order valence-electron chi connectivity index (χ4n) is 4.64. The van der Waals surface area contributed by atoms with Gasteiger partial charge in [-0.3, -0.25) is 9.78 Å². The number of carbonyl (C=O) groups excluding carboxylic acids is 1. The highest BCUT2D eigenvalue weighted by atomic mass is 19.4. The molecule has 0 atom stereocenters. The smallest absolute Gasteiger partial charge is 0.380 e. The van der Waals surface area contributed by atoms with Gasteiger partial charge in [0.05, 0.1) is 11.1 Å². The number of carbonyl (C=O) groups is 1. The van der Waals surface area contributed by atoms with Crippen LogP contribution in [0.25, 0.3) is 10.9 Å². The Morgan fingerprint density at radius 2 is 1.74 bits per heavy atom. The van der Waals surface area contributed by atoms with E-state index >= 15 is 0 Å². The summed E-state index contributed by atoms with van der Waals surface area (Å²) in [5, 5.41) is 7.14. The Balaban J connectivity index is 1.30. The van der Waals surface area contributed by atoms with Gasteiger partial charge in [-0.15, -0.1) is 0 Å². The standard InChI is InChI=1S/C29H28F3N5O/c1-36-13-15-37(16-14-36)27-10-9-21(18-24(27)29(30,31)32)28(38)35-22-6-4-5-20(17-22)19-34-26-11-12-33-25-8-3-2-7-23(25)26/h2-12,17-18H,13-16,19H2,1H3,(H,33,34)(H,35,38). The fraction of sp³-hybridized carbons (Fsp3) is 0.241. The minimum Gasteiger partial charge on any atom is -0.380 e. The van der Waals surface area contributed by atoms with Crippen molar-refractivity contribution >= 4 is 33.9 Å². The molecule has 9 heteroatoms. The maximum absolute atomic E-state index is 13.9. The van der Waals surface area contributed by atoms with Crippen LogP contribution in [0.1, 0.15) is 21.5 Å². The van der Waals surface area contributed by atoms with Crippen molar-refractivity contribution in [2.75, 3.05) is 48.8 Å². The summed E-state index contributed by atoms with van der Waals surface area (Å²) in [4.78, 5) is 21.1. The van der Waals surface area contributed by atoms with Crippen LogP contribution in [0, 0.1) is 0 Å². The van der Waals surface area contributed by atoms with Crippen LogP contribution in [0.2, 0.25) is 0 Å². The average molecular weight is 520 g/mol. The third-order valence-corrected chi connectivity index (χ3v) is 6.72. The number of hydrogen-bond acceptors (Lipinski definition) is 5. The Labute approximate surface area is 219 Å². The number of nitrogens with one attached hydrogen (secondary N) is 2. The minimum absolute atomic E-state index is 0.0398. The summed E-state index contributed by atoms with van der Waals surface area (Å²) in [7, 11) is 1.95. The molecule has 1 fully saturated rings. The second-order valence-electron chi connectivity index (χ2n) is 9.40. The van der Waals surface area contributed by atoms with E-state index < -0.39 is 17.6 Å². The molecule has 0 bridgehead atoms. The Hall–Kier alpha value is -4.11. The zero-order valence-corrected chi connectivity index (χ0v) is 20.9. The molecule has 1 aliphatic rings. The lowest BCUT2D eigenvalue weighted by Gasteiger charge is -2.35. The number of piperazine rings is 1. The molecule has 0 radical (unpaired) electrons. The summed E-state index contributed by atoms with van der Waals surface area (Å²) in [6.07, 6.45) is -2.83. The van der Waals surface area contributed by atoms with Crippen LogP contribution in [0.4, 0.5) is 30.2 Å². The summed E-state index contributed by atoms with van der Waals surface area (Å²) >= 11 is 0. The van der Waals surface area contributed by atoms with E-state index in [0.29, 0.717) is 38.4 Å². The molecule has 3 aromatic carbocycles. The second-order valence-corrected chi connectivity index (χ2v) is 9.40. The molecule has 4 aromatic rings. The van der Waals surface area contributed by atoms with Gasteiger partial charge in [0.1, 0.15) is 0 Å². The van der Waals surface area contributed by atoms with Crippen molar-refractivity contribution in [2.24, 2.45) is 0 Å². The van der Waals surface area contributed by atoms with Crippen LogP contribution in [-0.2, 0) is 12.7 Å². The lowest BCUT2D eigenvalue weighted by atomic mass is 10.1. The number of aromatic nitrogens is 1. The summed E-state index contributed by atoms with van der Waals surface area (Å²) in [5.41, 5.74) is 2.51. The van der Waals surface area contributed by atoms with Crippen molar-refractivity contribution in [3.63, 3.8) is 0 Å². The lowest BCUT2D eigenvalue weighted by molar-refractivity contribution is -0.137. The molecule has 6 nitrogen and oxygen atoms in total. The Kier molecular flexibility index (Phi) is 7.20. The zero-order valence-electron chi connectivity index (χ0n) is 20.9. The molecule has 1 aromatic heterocycles. The van der Waals surface area contributed by atoms with Crippen molar-refractivity contribution in [2.45, 2.75) is 12.7 Å². The number of benzene rings is 3. The van der Waals surface area contributed by atoms with Crippen LogP contribution in [0.3, 0.4) is 0 Å². The Morgan fingerprint density at radius 3 is 2.53 bits per heavy atom. The number of likely N-dealkylation sites (N-methyl/N-ethyl adjacent to an activating group) is 1. The summed E-state index contributed by atoms with van der Waals surface area (Å²) in [6.45, 7) is 2.86. The molecule has 196 valence electrons. The van der Waals surface area contributed by atoms with Gasteiger partial charge in [-0.25, -0.2) is 0 Å². The molecule has 5 rings (SSSR count). The molecule has 0 spiro atoms. The topological polar surface area (TPSA) is 60.5 Å². The van der Waals surface area contributed by atoms with Crippen LogP contribution < -0.4 is 15.5 Å². The number of pyridine rings is 1. The monoisotopic (exact) mass is 519 g/mol. The number of anilines is 3. The van der Waals surface area contributed by atoms with Crippen molar-refractivity contribution in [3.8, 4) is 0 Å². The van der Waals surface area contributed by atoms with Crippen LogP contribution in [-0.4, -0.2) is 49.0 Å². The number of alkyl halides is 3. The molecule has 1 aliphatic heterocycles. The van der Waals surface area contributed by atoms with Gasteiger partial charge >= 0.3 is 6.18 Å². The van der Waals surface area contributed by atoms with Crippen molar-refractivity contribution in [1.29, 1.82) is 0 Å². The highest BCUT2D eigenvalue weighted by molar-refractivity contribution is 6.04. The molecule has 0 unspecified atom stereocenters. The molecular weight excluding hydrogens is 491 g/mol. The number of halogens is 3. The molecular formula is C29H28F3N5O. The highest BCUT2D eigenvalue weighted by Crippen LogP contribution is 2.38. The third kappa shape index (κ3) is 5.73. The number of hydrogen-bond donors (Lipinski definition) is 2. The highest BCUT2D eigenvalue weighted by Gasteiger charge is 2.36. The molecule has 0 saturated carbocycles. The summed E-state index contributed by atoms with van der Waals surface area (Å²) in [6, 6.07) is 20.8. The van der Waals surface area contributed by atoms with E-state index in [-0.39, 0.29) is 11.3 Å². The van der Waals surface area contributed by atoms with Crippen LogP contribution in [0.5, 0.6) is 0 Å². The van der Waals surface area contributed by atoms with E-state index in [1.165, 1.54) is 12.1 Å². The van der Waals surface area contributed by atoms with Crippen molar-refractivity contribution in [3.05, 3.63) is 95.7 Å². The van der Waals surface area contributed by atoms with E-state index in [0.717, 1.165) is 28.2 Å². The van der Waals surface area contributed by atoms with E-state index in [4.69, 9.17) is 0 Å². The summed E-state index contributed by atoms with van der Waals surface area (Å²) in [5.74, 6) is -0.592. The third-order valence-electron chi connectivity index (χ3n) is 6.72. The molecule has 2 N–H and O–H groups in total. The quantitative estimate of drug-likeness (QED) is 0.334. The first kappa shape index (κ1) is 25.5. The first-order chi connectivity index (χ1) is 18.3. The zero-order chi connectivity index (χ0) is 26.7. The van der Waals surface area contributed by atoms with Gasteiger partial charge in [0.15, 0.2) is 0 Å². The van der Waals surface area contributed by atoms with Gasteiger partial charge in [0.2, 0.25) is 0 Å². The van der Waals surface area contributed by atoms with Gasteiger partial charge in [0, 0.05) is 66.9 Å². The van der Waals surface area contributed by atoms with Gasteiger partial charge in [0.25, 0.3) is 5.91 Å². The van der Waals surface area contributed by atoms with E-state index in [2.05, 4.69) is 20.5 Å². The first-order valence-corrected chi connectivity index (χ1v) is 12.4. The van der Waals surface area contributed by atoms with E-state index in [9.17, 15) is 18.0 Å². The normalized spacial score (nSPS) is 14.5. The number of fused-ring (bicyclic) bond motifs is 1. The maximum atomic E-state index is 13.9. The molecule has 38 heavy (non-hydrogen) atoms. The largest absolute Gasteiger partial charge is 0.418 e. The predicted molar refractivity (Wildman–Crippen MR) is 145 cm³/mol. The minimum atomic E-state index is -4.57. The number of nitrogens with zero attached hydrogens (tertiary/aromatic N) is 3. The number of para-hydroxylation sites is 1. The van der Waals surface area contributed by atoms with Gasteiger partial charge in [-0.1, -0.05) is 30.3 Å². The SMILES string of the molecule is CN1CCN(c2ccc(C(=O)Nc3cccc(CNc4ccnc5ccccc45)c3)cc2C(F)(F)F)CC1. The van der Waals surface area contributed by atoms with Gasteiger partial charge < -0.3 is 20.4 Å². The lowest BCUT2D eigenvalue weighted by Crippen LogP contribution is -2.45. The average Bonchev–Trinajstić information content (AvgIpc) is 2.92. The maximum Gasteiger partial charge on any atom is 0.418 e. The number of rotatable bonds is 6. The Morgan fingerprint density at radius 1 is 0.947 bits per heavy atom. The molecule has 0 aliphatic carbocycles. The predicted octanol–water partition coefficient (Wildman–Crippen LogP) is 5.87. The van der Waals surface area contributed by atoms with Gasteiger partial charge in [-0.05, 0) is 55.1 Å². The molecule has 1 saturated heterocycles. The first-order valence-electron chi connectivity index (χ1n) is 12.4. The van der Waals surface area contributed by atoms with Crippen LogP contribution >= 0.6 is 0 Å². The number of amides is 1. The van der Waals surface area contributed by atoms with Crippen molar-refractivity contribution in [1.82, 2.24) is 9.88 Å². The Bertz CT molecular complexity index is 1440. The second kappa shape index (κ2) is 10.7. The fourth-order valence-corrected chi connectivity index (χ4v) is 4.64. The van der Waals surface area contributed by atoms with E-state index in [1.54, 1.807) is 29.3 Å². The molecule has 1 amide bonds. The molecule has 2 heterocycles. The van der Waals surface area contributed by atoms with Gasteiger partial charge in [-0.2, -0.15) is 13.2 Å². The van der Waals surface area contributed by atoms with Crippen molar-refractivity contribution < 1.29 is 18.0 Å². The summed E-state index contributed by atoms with van der Waals surface area (Å²) < 4.78 is 41.8.